The molecular formula is C24H21FN8O2. The van der Waals surface area contributed by atoms with Gasteiger partial charge in [0.25, 0.3) is 5.91 Å². The predicted molar refractivity (Wildman–Crippen MR) is 129 cm³/mol. The van der Waals surface area contributed by atoms with E-state index in [0.717, 1.165) is 22.7 Å². The van der Waals surface area contributed by atoms with E-state index in [0.29, 0.717) is 28.4 Å². The van der Waals surface area contributed by atoms with E-state index in [1.807, 2.05) is 30.5 Å². The maximum atomic E-state index is 14.1. The SMILES string of the molecule is C[C@H]1CNC(=O)c2cnn3c(N)c(-c4ccc5[nH]ccc5c4)c(nc23)NCc2cc(F)cnc2O1. The molecule has 5 heterocycles. The van der Waals surface area contributed by atoms with Crippen molar-refractivity contribution in [2.75, 3.05) is 17.6 Å². The van der Waals surface area contributed by atoms with Gasteiger partial charge in [-0.1, -0.05) is 6.07 Å². The topological polar surface area (TPSA) is 135 Å². The predicted octanol–water partition coefficient (Wildman–Crippen LogP) is 3.12. The van der Waals surface area contributed by atoms with Crippen molar-refractivity contribution in [3.05, 3.63) is 65.9 Å². The second kappa shape index (κ2) is 7.97. The number of halogens is 1. The zero-order valence-electron chi connectivity index (χ0n) is 18.7. The van der Waals surface area contributed by atoms with E-state index < -0.39 is 11.9 Å². The molecule has 4 aromatic heterocycles. The lowest BCUT2D eigenvalue weighted by atomic mass is 10.0. The number of hydrogen-bond acceptors (Lipinski definition) is 7. The van der Waals surface area contributed by atoms with E-state index in [1.165, 1.54) is 16.8 Å². The summed E-state index contributed by atoms with van der Waals surface area (Å²) in [7, 11) is 0. The molecule has 6 rings (SSSR count). The average molecular weight is 472 g/mol. The summed E-state index contributed by atoms with van der Waals surface area (Å²) in [4.78, 5) is 24.9. The summed E-state index contributed by atoms with van der Waals surface area (Å²) >= 11 is 0. The number of hydrogen-bond donors (Lipinski definition) is 4. The summed E-state index contributed by atoms with van der Waals surface area (Å²) in [5, 5.41) is 11.4. The number of nitrogen functional groups attached to an aromatic ring is 1. The van der Waals surface area contributed by atoms with Gasteiger partial charge < -0.3 is 26.1 Å². The molecule has 0 aliphatic carbocycles. The van der Waals surface area contributed by atoms with Gasteiger partial charge in [0, 0.05) is 23.8 Å². The third-order valence-corrected chi connectivity index (χ3v) is 5.97. The number of rotatable bonds is 1. The van der Waals surface area contributed by atoms with Crippen molar-refractivity contribution in [1.82, 2.24) is 29.9 Å². The summed E-state index contributed by atoms with van der Waals surface area (Å²) in [6, 6.07) is 9.18. The van der Waals surface area contributed by atoms with Gasteiger partial charge in [-0.3, -0.25) is 4.79 Å². The van der Waals surface area contributed by atoms with Gasteiger partial charge in [0.15, 0.2) is 5.65 Å². The average Bonchev–Trinajstić information content (AvgIpc) is 3.49. The number of amides is 1. The van der Waals surface area contributed by atoms with Crippen molar-refractivity contribution in [2.24, 2.45) is 0 Å². The number of benzene rings is 1. The Bertz CT molecular complexity index is 1610. The number of fused-ring (bicyclic) bond motifs is 3. The van der Waals surface area contributed by atoms with Crippen LogP contribution >= 0.6 is 0 Å². The van der Waals surface area contributed by atoms with Crippen LogP contribution in [-0.2, 0) is 6.54 Å². The lowest BCUT2D eigenvalue weighted by Crippen LogP contribution is -2.33. The summed E-state index contributed by atoms with van der Waals surface area (Å²) < 4.78 is 21.4. The molecule has 35 heavy (non-hydrogen) atoms. The fourth-order valence-corrected chi connectivity index (χ4v) is 4.24. The van der Waals surface area contributed by atoms with Gasteiger partial charge >= 0.3 is 0 Å². The van der Waals surface area contributed by atoms with Gasteiger partial charge in [-0.05, 0) is 42.1 Å². The summed E-state index contributed by atoms with van der Waals surface area (Å²) in [6.07, 6.45) is 3.98. The minimum atomic E-state index is -0.487. The van der Waals surface area contributed by atoms with Gasteiger partial charge in [-0.15, -0.1) is 0 Å². The molecule has 0 fully saturated rings. The quantitative estimate of drug-likeness (QED) is 0.294. The van der Waals surface area contributed by atoms with Crippen LogP contribution in [0.1, 0.15) is 22.8 Å². The summed E-state index contributed by atoms with van der Waals surface area (Å²) in [5.74, 6) is 0.151. The molecule has 5 aromatic rings. The van der Waals surface area contributed by atoms with Crippen LogP contribution in [0.15, 0.2) is 48.9 Å². The van der Waals surface area contributed by atoms with Crippen LogP contribution in [0.4, 0.5) is 16.0 Å². The fraction of sp³-hybridized carbons (Fsp3) is 0.167. The van der Waals surface area contributed by atoms with Crippen molar-refractivity contribution >= 4 is 34.1 Å². The van der Waals surface area contributed by atoms with Crippen molar-refractivity contribution in [3.63, 3.8) is 0 Å². The number of carbonyl (C=O) groups is 1. The van der Waals surface area contributed by atoms with Crippen LogP contribution in [-0.4, -0.2) is 43.1 Å². The second-order valence-electron chi connectivity index (χ2n) is 8.40. The monoisotopic (exact) mass is 472 g/mol. The standard InChI is InChI=1S/C24H21FN8O2/c1-12-8-29-23(34)17-11-31-33-20(26)19(14-2-3-18-13(6-14)4-5-27-18)21(32-22(17)33)28-9-15-7-16(25)10-30-24(15)35-12/h2-7,10-12,27H,8-9,26H2,1H3,(H,28,32)(H,29,34)/t12-/m0/s1. The molecule has 2 bridgehead atoms. The van der Waals surface area contributed by atoms with Crippen LogP contribution in [0.3, 0.4) is 0 Å². The molecule has 0 unspecified atom stereocenters. The van der Waals surface area contributed by atoms with E-state index in [-0.39, 0.29) is 30.4 Å². The Morgan fingerprint density at radius 2 is 2.09 bits per heavy atom. The number of H-pyrrole nitrogens is 1. The fourth-order valence-electron chi connectivity index (χ4n) is 4.24. The highest BCUT2D eigenvalue weighted by molar-refractivity contribution is 6.01. The van der Waals surface area contributed by atoms with Gasteiger partial charge in [0.05, 0.1) is 24.5 Å². The molecule has 1 amide bonds. The molecule has 1 aliphatic rings. The largest absolute Gasteiger partial charge is 0.473 e. The smallest absolute Gasteiger partial charge is 0.256 e. The zero-order valence-corrected chi connectivity index (χ0v) is 18.7. The van der Waals surface area contributed by atoms with Crippen LogP contribution < -0.4 is 21.1 Å². The molecule has 1 aromatic carbocycles. The third-order valence-electron chi connectivity index (χ3n) is 5.97. The summed E-state index contributed by atoms with van der Waals surface area (Å²) in [5.41, 5.74) is 10.1. The van der Waals surface area contributed by atoms with Gasteiger partial charge in [-0.25, -0.2) is 14.4 Å². The van der Waals surface area contributed by atoms with Gasteiger partial charge in [0.2, 0.25) is 5.88 Å². The highest BCUT2D eigenvalue weighted by atomic mass is 19.1. The number of aromatic nitrogens is 5. The summed E-state index contributed by atoms with van der Waals surface area (Å²) in [6.45, 7) is 2.17. The van der Waals surface area contributed by atoms with E-state index in [9.17, 15) is 9.18 Å². The van der Waals surface area contributed by atoms with Crippen LogP contribution in [0.2, 0.25) is 0 Å². The molecule has 10 nitrogen and oxygen atoms in total. The Morgan fingerprint density at radius 1 is 1.20 bits per heavy atom. The number of nitrogens with zero attached hydrogens (tertiary/aromatic N) is 4. The Morgan fingerprint density at radius 3 is 2.97 bits per heavy atom. The number of aromatic amines is 1. The normalized spacial score (nSPS) is 16.1. The number of carbonyl (C=O) groups excluding carboxylic acids is 1. The Kier molecular flexibility index (Phi) is 4.76. The Labute approximate surface area is 198 Å². The number of pyridine rings is 1. The van der Waals surface area contributed by atoms with E-state index in [1.54, 1.807) is 6.92 Å². The first-order chi connectivity index (χ1) is 17.0. The van der Waals surface area contributed by atoms with Crippen LogP contribution in [0, 0.1) is 5.82 Å². The highest BCUT2D eigenvalue weighted by Crippen LogP contribution is 2.36. The maximum absolute atomic E-state index is 14.1. The molecule has 5 N–H and O–H groups in total. The Hall–Kier alpha value is -4.67. The number of nitrogens with two attached hydrogens (primary N) is 1. The van der Waals surface area contributed by atoms with Gasteiger partial charge in [-0.2, -0.15) is 9.61 Å². The first-order valence-corrected chi connectivity index (χ1v) is 11.1. The van der Waals surface area contributed by atoms with Crippen molar-refractivity contribution < 1.29 is 13.9 Å². The first-order valence-electron chi connectivity index (χ1n) is 11.1. The molecular weight excluding hydrogens is 451 g/mol. The lowest BCUT2D eigenvalue weighted by Gasteiger charge is -2.18. The molecule has 1 aliphatic heterocycles. The van der Waals surface area contributed by atoms with Gasteiger partial charge in [0.1, 0.15) is 29.1 Å². The van der Waals surface area contributed by atoms with Crippen molar-refractivity contribution in [2.45, 2.75) is 19.6 Å². The first kappa shape index (κ1) is 20.9. The minimum Gasteiger partial charge on any atom is -0.473 e. The maximum Gasteiger partial charge on any atom is 0.256 e. The van der Waals surface area contributed by atoms with E-state index >= 15 is 0 Å². The van der Waals surface area contributed by atoms with Crippen molar-refractivity contribution in [3.8, 4) is 17.0 Å². The molecule has 0 radical (unpaired) electrons. The van der Waals surface area contributed by atoms with E-state index in [4.69, 9.17) is 15.5 Å². The van der Waals surface area contributed by atoms with Crippen LogP contribution in [0.5, 0.6) is 5.88 Å². The zero-order chi connectivity index (χ0) is 24.1. The lowest BCUT2D eigenvalue weighted by molar-refractivity contribution is 0.0932. The number of anilines is 2. The molecule has 0 saturated carbocycles. The Balaban J connectivity index is 1.56. The molecule has 11 heteroatoms. The van der Waals surface area contributed by atoms with E-state index in [2.05, 4.69) is 25.7 Å². The molecule has 0 saturated heterocycles. The molecule has 0 spiro atoms. The van der Waals surface area contributed by atoms with Crippen molar-refractivity contribution in [1.29, 1.82) is 0 Å². The van der Waals surface area contributed by atoms with Crippen LogP contribution in [0.25, 0.3) is 27.7 Å². The molecule has 1 atom stereocenters. The number of ether oxygens (including phenoxy) is 1. The minimum absolute atomic E-state index is 0.166. The molecule has 176 valence electrons. The number of nitrogens with one attached hydrogen (secondary N) is 3. The second-order valence-corrected chi connectivity index (χ2v) is 8.40. The third kappa shape index (κ3) is 3.57. The highest BCUT2D eigenvalue weighted by Gasteiger charge is 2.23.